The Bertz CT molecular complexity index is 3380. The molecule has 0 aliphatic rings. The minimum Gasteiger partial charge on any atom is -0.111 e. The second kappa shape index (κ2) is 12.2. The summed E-state index contributed by atoms with van der Waals surface area (Å²) in [5.74, 6) is 0. The van der Waals surface area contributed by atoms with Gasteiger partial charge in [-0.25, -0.2) is 0 Å². The Labute approximate surface area is 327 Å². The molecule has 0 nitrogen and oxygen atoms in total. The SMILES string of the molecule is Cp1c2ccccc2c2cccc(-c3cccc4c(-c5c6ccccc6cc6ccccc56)c5cccc(-c6cccc7c8ccccc8p(C)c67)c5cc34)c21. The summed E-state index contributed by atoms with van der Waals surface area (Å²) in [7, 11) is -1.00. The average molecular weight is 747 g/mol. The number of hydrogen-bond acceptors (Lipinski definition) is 0. The molecule has 0 bridgehead atoms. The van der Waals surface area contributed by atoms with Crippen molar-refractivity contribution in [2.24, 2.45) is 13.3 Å². The van der Waals surface area contributed by atoms with E-state index < -0.39 is 15.1 Å². The lowest BCUT2D eigenvalue weighted by Crippen LogP contribution is -1.93. The van der Waals surface area contributed by atoms with E-state index in [1.165, 1.54) is 118 Å². The quantitative estimate of drug-likeness (QED) is 0.158. The van der Waals surface area contributed by atoms with Crippen LogP contribution in [0.1, 0.15) is 0 Å². The summed E-state index contributed by atoms with van der Waals surface area (Å²) in [6.07, 6.45) is 0. The molecule has 2 aromatic heterocycles. The standard InChI is InChI=1S/C54H36P2/c1-55-49-29-9-7-19-39(49)45-27-13-25-43(53(45)55)37-21-11-23-41-47(37)32-48-38(44-26-14-28-46-40-20-8-10-30-50(40)56(2)54(44)46)22-12-24-42(48)52(41)51-35-17-5-3-15-33(35)31-34-16-4-6-18-36(34)51/h3-32H,1-2H3. The Morgan fingerprint density at radius 3 is 1.11 bits per heavy atom. The van der Waals surface area contributed by atoms with Gasteiger partial charge in [-0.05, 0) is 123 Å². The van der Waals surface area contributed by atoms with Crippen molar-refractivity contribution in [3.05, 3.63) is 182 Å². The zero-order valence-corrected chi connectivity index (χ0v) is 33.0. The first-order chi connectivity index (χ1) is 27.7. The molecule has 10 aromatic carbocycles. The van der Waals surface area contributed by atoms with Crippen LogP contribution in [0.15, 0.2) is 182 Å². The highest BCUT2D eigenvalue weighted by Crippen LogP contribution is 2.55. The normalized spacial score (nSPS) is 12.8. The lowest BCUT2D eigenvalue weighted by molar-refractivity contribution is 1.69. The molecule has 0 amide bonds. The number of hydrogen-bond donors (Lipinski definition) is 0. The Balaban J connectivity index is 1.29. The van der Waals surface area contributed by atoms with E-state index in [1.54, 1.807) is 0 Å². The van der Waals surface area contributed by atoms with Crippen LogP contribution >= 0.6 is 15.1 Å². The van der Waals surface area contributed by atoms with Gasteiger partial charge in [0.15, 0.2) is 0 Å². The topological polar surface area (TPSA) is 0 Å². The van der Waals surface area contributed by atoms with Crippen molar-refractivity contribution in [3.63, 3.8) is 0 Å². The molecule has 2 unspecified atom stereocenters. The highest BCUT2D eigenvalue weighted by molar-refractivity contribution is 7.60. The van der Waals surface area contributed by atoms with Crippen molar-refractivity contribution in [1.29, 1.82) is 0 Å². The van der Waals surface area contributed by atoms with Crippen molar-refractivity contribution in [2.45, 2.75) is 0 Å². The fourth-order valence-electron chi connectivity index (χ4n) is 10.1. The Morgan fingerprint density at radius 2 is 0.625 bits per heavy atom. The molecule has 0 fully saturated rings. The summed E-state index contributed by atoms with van der Waals surface area (Å²) in [5, 5.41) is 21.8. The minimum atomic E-state index is -0.501. The van der Waals surface area contributed by atoms with Gasteiger partial charge in [0.05, 0.1) is 0 Å². The van der Waals surface area contributed by atoms with Crippen LogP contribution in [0.25, 0.3) is 118 Å². The van der Waals surface area contributed by atoms with E-state index in [9.17, 15) is 0 Å². The molecule has 0 aliphatic heterocycles. The maximum Gasteiger partial charge on any atom is 0.00996 e. The molecule has 56 heavy (non-hydrogen) atoms. The van der Waals surface area contributed by atoms with E-state index in [2.05, 4.69) is 195 Å². The van der Waals surface area contributed by atoms with Crippen molar-refractivity contribution >= 4 is 100 Å². The molecule has 2 heteroatoms. The van der Waals surface area contributed by atoms with Crippen LogP contribution in [0, 0.1) is 0 Å². The summed E-state index contributed by atoms with van der Waals surface area (Å²) in [6.45, 7) is 4.90. The van der Waals surface area contributed by atoms with Gasteiger partial charge < -0.3 is 0 Å². The highest BCUT2D eigenvalue weighted by Gasteiger charge is 2.22. The Morgan fingerprint density at radius 1 is 0.268 bits per heavy atom. The fourth-order valence-corrected chi connectivity index (χ4v) is 14.5. The van der Waals surface area contributed by atoms with Crippen LogP contribution in [-0.2, 0) is 13.3 Å². The van der Waals surface area contributed by atoms with Gasteiger partial charge in [-0.3, -0.25) is 0 Å². The summed E-state index contributed by atoms with van der Waals surface area (Å²) < 4.78 is 0. The summed E-state index contributed by atoms with van der Waals surface area (Å²) in [5.41, 5.74) is 7.97. The van der Waals surface area contributed by atoms with Gasteiger partial charge in [0.2, 0.25) is 0 Å². The molecule has 12 aromatic rings. The van der Waals surface area contributed by atoms with E-state index >= 15 is 0 Å². The van der Waals surface area contributed by atoms with Crippen molar-refractivity contribution in [3.8, 4) is 33.4 Å². The molecule has 0 N–H and O–H groups in total. The number of fused-ring (bicyclic) bond motifs is 10. The van der Waals surface area contributed by atoms with Crippen LogP contribution in [0.5, 0.6) is 0 Å². The molecule has 0 aliphatic carbocycles. The largest absolute Gasteiger partial charge is 0.111 e. The van der Waals surface area contributed by atoms with E-state index in [-0.39, 0.29) is 0 Å². The fraction of sp³-hybridized carbons (Fsp3) is 0.0370. The van der Waals surface area contributed by atoms with Crippen molar-refractivity contribution in [2.75, 3.05) is 0 Å². The van der Waals surface area contributed by atoms with E-state index in [0.717, 1.165) is 0 Å². The summed E-state index contributed by atoms with van der Waals surface area (Å²) in [4.78, 5) is 0. The average Bonchev–Trinajstić information content (AvgIpc) is 3.72. The van der Waals surface area contributed by atoms with Crippen LogP contribution < -0.4 is 0 Å². The second-order valence-electron chi connectivity index (χ2n) is 15.3. The Hall–Kier alpha value is -6.16. The summed E-state index contributed by atoms with van der Waals surface area (Å²) >= 11 is 0. The summed E-state index contributed by atoms with van der Waals surface area (Å²) in [6, 6.07) is 69.1. The molecule has 0 saturated carbocycles. The predicted octanol–water partition coefficient (Wildman–Crippen LogP) is 17.0. The van der Waals surface area contributed by atoms with Crippen LogP contribution in [0.3, 0.4) is 0 Å². The maximum atomic E-state index is 2.55. The smallest absolute Gasteiger partial charge is 0.00996 e. The molecular formula is C54H36P2. The molecule has 12 rings (SSSR count). The molecule has 0 spiro atoms. The van der Waals surface area contributed by atoms with Crippen molar-refractivity contribution < 1.29 is 0 Å². The van der Waals surface area contributed by atoms with Crippen LogP contribution in [-0.4, -0.2) is 0 Å². The minimum absolute atomic E-state index is 0.501. The zero-order valence-electron chi connectivity index (χ0n) is 31.2. The van der Waals surface area contributed by atoms with Crippen LogP contribution in [0.2, 0.25) is 0 Å². The number of benzene rings is 10. The van der Waals surface area contributed by atoms with Crippen LogP contribution in [0.4, 0.5) is 0 Å². The third-order valence-corrected chi connectivity index (χ3v) is 17.0. The van der Waals surface area contributed by atoms with E-state index in [1.807, 2.05) is 0 Å². The zero-order chi connectivity index (χ0) is 37.1. The molecule has 262 valence electrons. The number of aryl methyl sites for hydroxylation is 2. The number of rotatable bonds is 3. The first kappa shape index (κ1) is 32.1. The molecule has 2 heterocycles. The first-order valence-electron chi connectivity index (χ1n) is 19.5. The molecular weight excluding hydrogens is 711 g/mol. The maximum absolute atomic E-state index is 2.55. The van der Waals surface area contributed by atoms with Gasteiger partial charge >= 0.3 is 0 Å². The van der Waals surface area contributed by atoms with Gasteiger partial charge in [0.25, 0.3) is 0 Å². The molecule has 0 radical (unpaired) electrons. The van der Waals surface area contributed by atoms with E-state index in [4.69, 9.17) is 0 Å². The molecule has 2 atom stereocenters. The lowest BCUT2D eigenvalue weighted by atomic mass is 9.83. The lowest BCUT2D eigenvalue weighted by Gasteiger charge is -2.20. The van der Waals surface area contributed by atoms with Gasteiger partial charge in [-0.2, -0.15) is 0 Å². The van der Waals surface area contributed by atoms with Gasteiger partial charge in [0, 0.05) is 20.5 Å². The third kappa shape index (κ3) is 4.43. The van der Waals surface area contributed by atoms with Gasteiger partial charge in [0.1, 0.15) is 0 Å². The monoisotopic (exact) mass is 746 g/mol. The van der Waals surface area contributed by atoms with E-state index in [0.29, 0.717) is 0 Å². The van der Waals surface area contributed by atoms with Gasteiger partial charge in [-0.15, -0.1) is 15.1 Å². The van der Waals surface area contributed by atoms with Crippen molar-refractivity contribution in [1.82, 2.24) is 0 Å². The Kier molecular flexibility index (Phi) is 6.98. The predicted molar refractivity (Wildman–Crippen MR) is 250 cm³/mol. The second-order valence-corrected chi connectivity index (χ2v) is 19.4. The first-order valence-corrected chi connectivity index (χ1v) is 23.1. The molecule has 0 saturated heterocycles. The highest BCUT2D eigenvalue weighted by atomic mass is 31.1. The van der Waals surface area contributed by atoms with Gasteiger partial charge in [-0.1, -0.05) is 170 Å². The third-order valence-electron chi connectivity index (χ3n) is 12.5.